The van der Waals surface area contributed by atoms with Gasteiger partial charge in [-0.15, -0.1) is 0 Å². The summed E-state index contributed by atoms with van der Waals surface area (Å²) in [6.07, 6.45) is 0. The molecule has 0 aromatic heterocycles. The molecule has 0 saturated carbocycles. The number of benzene rings is 3. The number of nitrogens with two attached hydrogens (primary N) is 1. The average molecular weight is 406 g/mol. The molecule has 3 aromatic carbocycles. The first-order valence-corrected chi connectivity index (χ1v) is 10.0. The predicted molar refractivity (Wildman–Crippen MR) is 119 cm³/mol. The summed E-state index contributed by atoms with van der Waals surface area (Å²) in [5, 5.41) is 5.07. The molecule has 0 spiro atoms. The van der Waals surface area contributed by atoms with E-state index in [1.807, 2.05) is 25.1 Å². The monoisotopic (exact) mass is 405 g/mol. The van der Waals surface area contributed by atoms with Crippen LogP contribution in [0.5, 0.6) is 11.5 Å². The third-order valence-corrected chi connectivity index (χ3v) is 5.11. The van der Waals surface area contributed by atoms with Crippen LogP contribution in [0.25, 0.3) is 0 Å². The van der Waals surface area contributed by atoms with Gasteiger partial charge in [0.05, 0.1) is 14.2 Å². The molecule has 0 bridgehead atoms. The zero-order valence-corrected chi connectivity index (χ0v) is 17.9. The van der Waals surface area contributed by atoms with Gasteiger partial charge in [-0.3, -0.25) is 4.79 Å². The normalized spacial score (nSPS) is 12.7. The lowest BCUT2D eigenvalue weighted by atomic mass is 9.97. The van der Waals surface area contributed by atoms with Crippen LogP contribution in [-0.4, -0.2) is 26.2 Å². The molecule has 0 unspecified atom stereocenters. The second-order valence-electron chi connectivity index (χ2n) is 7.37. The Kier molecular flexibility index (Phi) is 7.09. The Bertz CT molecular complexity index is 949. The SMILES string of the molecule is COc1cc(NC(=O)[C@H](C)[NH2+][C@H](c2ccccc2)c2ccc(C)cc2)cc(OC)c1. The molecule has 30 heavy (non-hydrogen) atoms. The van der Waals surface area contributed by atoms with Crippen molar-refractivity contribution < 1.29 is 19.6 Å². The van der Waals surface area contributed by atoms with Crippen LogP contribution in [0.4, 0.5) is 5.69 Å². The molecular formula is C25H29N2O3+. The van der Waals surface area contributed by atoms with Gasteiger partial charge in [0.25, 0.3) is 5.91 Å². The number of carbonyl (C=O) groups excluding carboxylic acids is 1. The summed E-state index contributed by atoms with van der Waals surface area (Å²) in [6, 6.07) is 23.7. The number of rotatable bonds is 8. The second kappa shape index (κ2) is 9.94. The summed E-state index contributed by atoms with van der Waals surface area (Å²) in [4.78, 5) is 12.9. The molecular weight excluding hydrogens is 376 g/mol. The third-order valence-electron chi connectivity index (χ3n) is 5.11. The van der Waals surface area contributed by atoms with Crippen LogP contribution in [0.15, 0.2) is 72.8 Å². The smallest absolute Gasteiger partial charge is 0.282 e. The number of quaternary nitrogens is 1. The lowest BCUT2D eigenvalue weighted by molar-refractivity contribution is -0.704. The number of amides is 1. The second-order valence-corrected chi connectivity index (χ2v) is 7.37. The average Bonchev–Trinajstić information content (AvgIpc) is 2.78. The van der Waals surface area contributed by atoms with Crippen molar-refractivity contribution in [3.63, 3.8) is 0 Å². The van der Waals surface area contributed by atoms with Gasteiger partial charge in [-0.05, 0) is 13.8 Å². The molecule has 156 valence electrons. The Balaban J connectivity index is 1.79. The third kappa shape index (κ3) is 5.39. The largest absolute Gasteiger partial charge is 0.497 e. The highest BCUT2D eigenvalue weighted by atomic mass is 16.5. The minimum atomic E-state index is -0.311. The number of carbonyl (C=O) groups is 1. The molecule has 0 aliphatic carbocycles. The van der Waals surface area contributed by atoms with E-state index in [0.29, 0.717) is 17.2 Å². The first kappa shape index (κ1) is 21.4. The Hall–Kier alpha value is -3.31. The summed E-state index contributed by atoms with van der Waals surface area (Å²) in [7, 11) is 3.17. The Morgan fingerprint density at radius 2 is 1.43 bits per heavy atom. The molecule has 3 aromatic rings. The Morgan fingerprint density at radius 3 is 2.00 bits per heavy atom. The van der Waals surface area contributed by atoms with Gasteiger partial charge in [-0.2, -0.15) is 0 Å². The number of nitrogens with one attached hydrogen (secondary N) is 1. The maximum Gasteiger partial charge on any atom is 0.282 e. The predicted octanol–water partition coefficient (Wildman–Crippen LogP) is 3.69. The van der Waals surface area contributed by atoms with Crippen molar-refractivity contribution in [3.8, 4) is 11.5 Å². The highest BCUT2D eigenvalue weighted by molar-refractivity contribution is 5.94. The van der Waals surface area contributed by atoms with E-state index >= 15 is 0 Å². The molecule has 3 N–H and O–H groups in total. The van der Waals surface area contributed by atoms with Crippen LogP contribution in [0, 0.1) is 6.92 Å². The standard InChI is InChI=1S/C25H28N2O3/c1-17-10-12-20(13-11-17)24(19-8-6-5-7-9-19)26-18(2)25(28)27-21-14-22(29-3)16-23(15-21)30-4/h5-16,18,24,26H,1-4H3,(H,27,28)/p+1/t18-,24+/m0/s1. The molecule has 0 aliphatic heterocycles. The molecule has 5 heteroatoms. The van der Waals surface area contributed by atoms with E-state index in [9.17, 15) is 4.79 Å². The maximum absolute atomic E-state index is 12.9. The van der Waals surface area contributed by atoms with Gasteiger partial charge in [-0.25, -0.2) is 0 Å². The van der Waals surface area contributed by atoms with Crippen LogP contribution in [-0.2, 0) is 4.79 Å². The van der Waals surface area contributed by atoms with Crippen molar-refractivity contribution in [3.05, 3.63) is 89.5 Å². The zero-order chi connectivity index (χ0) is 21.5. The van der Waals surface area contributed by atoms with Crippen molar-refractivity contribution in [1.29, 1.82) is 0 Å². The minimum Gasteiger partial charge on any atom is -0.497 e. The summed E-state index contributed by atoms with van der Waals surface area (Å²) >= 11 is 0. The first-order valence-electron chi connectivity index (χ1n) is 10.0. The number of anilines is 1. The fourth-order valence-corrected chi connectivity index (χ4v) is 3.36. The molecule has 0 fully saturated rings. The lowest BCUT2D eigenvalue weighted by Gasteiger charge is -2.21. The van der Waals surface area contributed by atoms with E-state index in [1.165, 1.54) is 5.56 Å². The van der Waals surface area contributed by atoms with Crippen LogP contribution in [0.2, 0.25) is 0 Å². The lowest BCUT2D eigenvalue weighted by Crippen LogP contribution is -2.92. The number of hydrogen-bond donors (Lipinski definition) is 2. The Labute approximate surface area is 178 Å². The number of ether oxygens (including phenoxy) is 2. The number of hydrogen-bond acceptors (Lipinski definition) is 3. The molecule has 2 atom stereocenters. The van der Waals surface area contributed by atoms with Crippen LogP contribution < -0.4 is 20.1 Å². The molecule has 0 heterocycles. The van der Waals surface area contributed by atoms with E-state index in [4.69, 9.17) is 9.47 Å². The van der Waals surface area contributed by atoms with Crippen molar-refractivity contribution in [2.45, 2.75) is 25.9 Å². The van der Waals surface area contributed by atoms with Crippen molar-refractivity contribution in [2.75, 3.05) is 19.5 Å². The number of aryl methyl sites for hydroxylation is 1. The van der Waals surface area contributed by atoms with Gasteiger partial charge in [0.1, 0.15) is 17.5 Å². The molecule has 0 saturated heterocycles. The molecule has 1 amide bonds. The van der Waals surface area contributed by atoms with E-state index in [1.54, 1.807) is 32.4 Å². The van der Waals surface area contributed by atoms with Crippen molar-refractivity contribution in [2.24, 2.45) is 0 Å². The van der Waals surface area contributed by atoms with Gasteiger partial charge in [0, 0.05) is 35.0 Å². The van der Waals surface area contributed by atoms with Gasteiger partial charge < -0.3 is 20.1 Å². The molecule has 5 nitrogen and oxygen atoms in total. The first-order chi connectivity index (χ1) is 14.5. The van der Waals surface area contributed by atoms with Gasteiger partial charge in [0.2, 0.25) is 0 Å². The maximum atomic E-state index is 12.9. The molecule has 3 rings (SSSR count). The quantitative estimate of drug-likeness (QED) is 0.601. The van der Waals surface area contributed by atoms with Crippen molar-refractivity contribution >= 4 is 11.6 Å². The van der Waals surface area contributed by atoms with Gasteiger partial charge in [-0.1, -0.05) is 60.2 Å². The van der Waals surface area contributed by atoms with Crippen LogP contribution in [0.1, 0.15) is 29.7 Å². The van der Waals surface area contributed by atoms with E-state index in [2.05, 4.69) is 54.0 Å². The van der Waals surface area contributed by atoms with Gasteiger partial charge >= 0.3 is 0 Å². The minimum absolute atomic E-state index is 0.0207. The molecule has 0 radical (unpaired) electrons. The van der Waals surface area contributed by atoms with Gasteiger partial charge in [0.15, 0.2) is 6.04 Å². The number of methoxy groups -OCH3 is 2. The highest BCUT2D eigenvalue weighted by Crippen LogP contribution is 2.26. The Morgan fingerprint density at radius 1 is 0.867 bits per heavy atom. The summed E-state index contributed by atoms with van der Waals surface area (Å²) in [6.45, 7) is 3.99. The summed E-state index contributed by atoms with van der Waals surface area (Å²) in [5.74, 6) is 1.17. The summed E-state index contributed by atoms with van der Waals surface area (Å²) in [5.41, 5.74) is 4.17. The van der Waals surface area contributed by atoms with Crippen molar-refractivity contribution in [1.82, 2.24) is 0 Å². The topological polar surface area (TPSA) is 64.2 Å². The van der Waals surface area contributed by atoms with Crippen LogP contribution >= 0.6 is 0 Å². The van der Waals surface area contributed by atoms with Crippen LogP contribution in [0.3, 0.4) is 0 Å². The fraction of sp³-hybridized carbons (Fsp3) is 0.240. The zero-order valence-electron chi connectivity index (χ0n) is 17.9. The van der Waals surface area contributed by atoms with E-state index in [-0.39, 0.29) is 18.0 Å². The highest BCUT2D eigenvalue weighted by Gasteiger charge is 2.25. The fourth-order valence-electron chi connectivity index (χ4n) is 3.36. The van der Waals surface area contributed by atoms with E-state index in [0.717, 1.165) is 11.1 Å². The van der Waals surface area contributed by atoms with E-state index < -0.39 is 0 Å². The molecule has 0 aliphatic rings. The summed E-state index contributed by atoms with van der Waals surface area (Å²) < 4.78 is 10.6.